The van der Waals surface area contributed by atoms with Crippen molar-refractivity contribution in [2.24, 2.45) is 0 Å². The van der Waals surface area contributed by atoms with E-state index < -0.39 is 5.97 Å². The van der Waals surface area contributed by atoms with E-state index in [1.807, 2.05) is 30.3 Å². The van der Waals surface area contributed by atoms with Crippen LogP contribution >= 0.6 is 0 Å². The number of carbonyl (C=O) groups is 1. The van der Waals surface area contributed by atoms with E-state index in [1.165, 1.54) is 0 Å². The van der Waals surface area contributed by atoms with Gasteiger partial charge in [-0.25, -0.2) is 4.79 Å². The van der Waals surface area contributed by atoms with Gasteiger partial charge in [0, 0.05) is 17.7 Å². The average Bonchev–Trinajstić information content (AvgIpc) is 2.91. The fraction of sp³-hybridized carbons (Fsp3) is 0.267. The van der Waals surface area contributed by atoms with Gasteiger partial charge in [0.05, 0.1) is 18.2 Å². The standard InChI is InChI=1S/C15H15NO3/c17-15(18)13-5-6-14(16-10-7-8-19-9-10)12-4-2-1-3-11(12)13/h1-6,10,16H,7-9H2,(H,17,18). The molecule has 1 atom stereocenters. The maximum absolute atomic E-state index is 11.2. The maximum Gasteiger partial charge on any atom is 0.336 e. The number of carboxylic acids is 1. The van der Waals surface area contributed by atoms with E-state index in [0.29, 0.717) is 18.2 Å². The Bertz CT molecular complexity index is 618. The predicted octanol–water partition coefficient (Wildman–Crippen LogP) is 2.74. The summed E-state index contributed by atoms with van der Waals surface area (Å²) in [4.78, 5) is 11.2. The molecule has 0 spiro atoms. The molecule has 1 saturated heterocycles. The van der Waals surface area contributed by atoms with Gasteiger partial charge >= 0.3 is 5.97 Å². The Morgan fingerprint density at radius 3 is 2.68 bits per heavy atom. The number of nitrogens with one attached hydrogen (secondary N) is 1. The number of aromatic carboxylic acids is 1. The highest BCUT2D eigenvalue weighted by Crippen LogP contribution is 2.28. The van der Waals surface area contributed by atoms with Crippen molar-refractivity contribution in [2.75, 3.05) is 18.5 Å². The molecule has 3 rings (SSSR count). The summed E-state index contributed by atoms with van der Waals surface area (Å²) in [6.07, 6.45) is 0.981. The summed E-state index contributed by atoms with van der Waals surface area (Å²) in [5.74, 6) is -0.896. The van der Waals surface area contributed by atoms with Crippen LogP contribution in [0.15, 0.2) is 36.4 Å². The van der Waals surface area contributed by atoms with Gasteiger partial charge < -0.3 is 15.2 Å². The molecule has 19 heavy (non-hydrogen) atoms. The molecule has 1 aliphatic heterocycles. The van der Waals surface area contributed by atoms with E-state index in [-0.39, 0.29) is 0 Å². The van der Waals surface area contributed by atoms with Crippen molar-refractivity contribution in [1.29, 1.82) is 0 Å². The second-order valence-electron chi connectivity index (χ2n) is 4.72. The van der Waals surface area contributed by atoms with Crippen LogP contribution in [0.3, 0.4) is 0 Å². The summed E-state index contributed by atoms with van der Waals surface area (Å²) in [6.45, 7) is 1.48. The number of carboxylic acid groups (broad SMARTS) is 1. The van der Waals surface area contributed by atoms with E-state index >= 15 is 0 Å². The molecule has 0 radical (unpaired) electrons. The number of anilines is 1. The largest absolute Gasteiger partial charge is 0.478 e. The third kappa shape index (κ3) is 2.27. The molecule has 0 aliphatic carbocycles. The zero-order chi connectivity index (χ0) is 13.2. The number of hydrogen-bond acceptors (Lipinski definition) is 3. The lowest BCUT2D eigenvalue weighted by Gasteiger charge is -2.15. The lowest BCUT2D eigenvalue weighted by Crippen LogP contribution is -2.19. The van der Waals surface area contributed by atoms with Crippen molar-refractivity contribution in [3.05, 3.63) is 42.0 Å². The molecule has 98 valence electrons. The summed E-state index contributed by atoms with van der Waals surface area (Å²) in [5.41, 5.74) is 1.31. The minimum absolute atomic E-state index is 0.305. The first-order valence-corrected chi connectivity index (χ1v) is 6.35. The van der Waals surface area contributed by atoms with Gasteiger partial charge in [-0.05, 0) is 23.9 Å². The molecule has 4 nitrogen and oxygen atoms in total. The first kappa shape index (κ1) is 12.0. The zero-order valence-electron chi connectivity index (χ0n) is 10.4. The lowest BCUT2D eigenvalue weighted by molar-refractivity contribution is 0.0699. The van der Waals surface area contributed by atoms with Crippen molar-refractivity contribution >= 4 is 22.4 Å². The highest BCUT2D eigenvalue weighted by molar-refractivity contribution is 6.07. The van der Waals surface area contributed by atoms with Gasteiger partial charge in [0.2, 0.25) is 0 Å². The Labute approximate surface area is 111 Å². The van der Waals surface area contributed by atoms with Gasteiger partial charge in [0.15, 0.2) is 0 Å². The third-order valence-electron chi connectivity index (χ3n) is 3.44. The molecule has 2 aromatic rings. The van der Waals surface area contributed by atoms with Gasteiger partial charge in [-0.3, -0.25) is 0 Å². The molecule has 2 N–H and O–H groups in total. The Kier molecular flexibility index (Phi) is 3.09. The predicted molar refractivity (Wildman–Crippen MR) is 73.8 cm³/mol. The highest BCUT2D eigenvalue weighted by atomic mass is 16.5. The third-order valence-corrected chi connectivity index (χ3v) is 3.44. The van der Waals surface area contributed by atoms with Crippen LogP contribution in [0.5, 0.6) is 0 Å². The van der Waals surface area contributed by atoms with Gasteiger partial charge in [-0.1, -0.05) is 24.3 Å². The van der Waals surface area contributed by atoms with Crippen LogP contribution in [-0.2, 0) is 4.74 Å². The van der Waals surface area contributed by atoms with Crippen LogP contribution in [0.25, 0.3) is 10.8 Å². The zero-order valence-corrected chi connectivity index (χ0v) is 10.4. The second-order valence-corrected chi connectivity index (χ2v) is 4.72. The molecule has 0 saturated carbocycles. The first-order valence-electron chi connectivity index (χ1n) is 6.35. The van der Waals surface area contributed by atoms with E-state index in [9.17, 15) is 9.90 Å². The van der Waals surface area contributed by atoms with Crippen molar-refractivity contribution in [1.82, 2.24) is 0 Å². The Morgan fingerprint density at radius 1 is 1.21 bits per heavy atom. The number of fused-ring (bicyclic) bond motifs is 1. The van der Waals surface area contributed by atoms with Crippen LogP contribution in [-0.4, -0.2) is 30.3 Å². The van der Waals surface area contributed by atoms with Crippen LogP contribution in [0, 0.1) is 0 Å². The smallest absolute Gasteiger partial charge is 0.336 e. The van der Waals surface area contributed by atoms with Crippen LogP contribution in [0.2, 0.25) is 0 Å². The fourth-order valence-corrected chi connectivity index (χ4v) is 2.48. The SMILES string of the molecule is O=C(O)c1ccc(NC2CCOC2)c2ccccc12. The minimum Gasteiger partial charge on any atom is -0.478 e. The summed E-state index contributed by atoms with van der Waals surface area (Å²) < 4.78 is 5.35. The summed E-state index contributed by atoms with van der Waals surface area (Å²) in [6, 6.07) is 11.4. The lowest BCUT2D eigenvalue weighted by atomic mass is 10.0. The van der Waals surface area contributed by atoms with E-state index in [0.717, 1.165) is 29.5 Å². The van der Waals surface area contributed by atoms with Gasteiger partial charge in [-0.2, -0.15) is 0 Å². The molecule has 4 heteroatoms. The minimum atomic E-state index is -0.896. The van der Waals surface area contributed by atoms with Crippen molar-refractivity contribution in [3.8, 4) is 0 Å². The maximum atomic E-state index is 11.2. The molecule has 0 amide bonds. The quantitative estimate of drug-likeness (QED) is 0.887. The second kappa shape index (κ2) is 4.90. The number of hydrogen-bond donors (Lipinski definition) is 2. The topological polar surface area (TPSA) is 58.6 Å². The molecule has 1 fully saturated rings. The Balaban J connectivity index is 2.05. The van der Waals surface area contributed by atoms with E-state index in [2.05, 4.69) is 5.32 Å². The molecular weight excluding hydrogens is 242 g/mol. The molecule has 1 aliphatic rings. The van der Waals surface area contributed by atoms with Crippen molar-refractivity contribution in [3.63, 3.8) is 0 Å². The highest BCUT2D eigenvalue weighted by Gasteiger charge is 2.17. The monoisotopic (exact) mass is 257 g/mol. The van der Waals surface area contributed by atoms with Crippen molar-refractivity contribution in [2.45, 2.75) is 12.5 Å². The summed E-state index contributed by atoms with van der Waals surface area (Å²) >= 11 is 0. The molecular formula is C15H15NO3. The number of ether oxygens (including phenoxy) is 1. The van der Waals surface area contributed by atoms with Crippen molar-refractivity contribution < 1.29 is 14.6 Å². The fourth-order valence-electron chi connectivity index (χ4n) is 2.48. The molecule has 0 bridgehead atoms. The number of benzene rings is 2. The van der Waals surface area contributed by atoms with Crippen LogP contribution < -0.4 is 5.32 Å². The number of rotatable bonds is 3. The van der Waals surface area contributed by atoms with E-state index in [4.69, 9.17) is 4.74 Å². The van der Waals surface area contributed by atoms with Gasteiger partial charge in [0.1, 0.15) is 0 Å². The summed E-state index contributed by atoms with van der Waals surface area (Å²) in [7, 11) is 0. The summed E-state index contributed by atoms with van der Waals surface area (Å²) in [5, 5.41) is 14.4. The first-order chi connectivity index (χ1) is 9.25. The molecule has 1 unspecified atom stereocenters. The molecule has 2 aromatic carbocycles. The van der Waals surface area contributed by atoms with E-state index in [1.54, 1.807) is 6.07 Å². The van der Waals surface area contributed by atoms with Gasteiger partial charge in [0.25, 0.3) is 0 Å². The average molecular weight is 257 g/mol. The van der Waals surface area contributed by atoms with Crippen LogP contribution in [0.4, 0.5) is 5.69 Å². The molecule has 0 aromatic heterocycles. The van der Waals surface area contributed by atoms with Gasteiger partial charge in [-0.15, -0.1) is 0 Å². The molecule has 1 heterocycles. The Morgan fingerprint density at radius 2 is 2.00 bits per heavy atom. The Hall–Kier alpha value is -2.07. The normalized spacial score (nSPS) is 18.6. The van der Waals surface area contributed by atoms with Crippen LogP contribution in [0.1, 0.15) is 16.8 Å².